The average molecular weight is 343 g/mol. The molecule has 1 fully saturated rings. The number of nitrogens with zero attached hydrogens (tertiary/aromatic N) is 5. The Morgan fingerprint density at radius 3 is 3.08 bits per heavy atom. The second-order valence-corrected chi connectivity index (χ2v) is 7.35. The molecule has 0 radical (unpaired) electrons. The van der Waals surface area contributed by atoms with E-state index in [4.69, 9.17) is 0 Å². The predicted octanol–water partition coefficient (Wildman–Crippen LogP) is 2.52. The van der Waals surface area contributed by atoms with Gasteiger partial charge in [-0.3, -0.25) is 13.9 Å². The fourth-order valence-electron chi connectivity index (χ4n) is 3.42. The fraction of sp³-hybridized carbons (Fsp3) is 0.471. The molecule has 24 heavy (non-hydrogen) atoms. The summed E-state index contributed by atoms with van der Waals surface area (Å²) in [7, 11) is 0. The Hall–Kier alpha value is -2.15. The number of hydrogen-bond acceptors (Lipinski definition) is 4. The molecule has 1 aliphatic heterocycles. The van der Waals surface area contributed by atoms with Crippen molar-refractivity contribution in [1.29, 1.82) is 0 Å². The van der Waals surface area contributed by atoms with E-state index in [0.29, 0.717) is 6.42 Å². The highest BCUT2D eigenvalue weighted by Gasteiger charge is 2.27. The van der Waals surface area contributed by atoms with Gasteiger partial charge in [0.2, 0.25) is 5.91 Å². The molecule has 126 valence electrons. The molecular formula is C17H21N5OS. The molecule has 0 bridgehead atoms. The van der Waals surface area contributed by atoms with Crippen molar-refractivity contribution in [2.45, 2.75) is 45.2 Å². The molecule has 4 heterocycles. The molecule has 0 aliphatic carbocycles. The molecule has 3 aromatic rings. The van der Waals surface area contributed by atoms with Crippen molar-refractivity contribution in [3.8, 4) is 0 Å². The molecule has 7 heteroatoms. The van der Waals surface area contributed by atoms with Crippen LogP contribution in [-0.2, 0) is 17.8 Å². The van der Waals surface area contributed by atoms with Gasteiger partial charge in [-0.15, -0.1) is 11.3 Å². The summed E-state index contributed by atoms with van der Waals surface area (Å²) in [6.07, 6.45) is 11.5. The molecule has 3 aromatic heterocycles. The van der Waals surface area contributed by atoms with E-state index in [9.17, 15) is 4.79 Å². The number of carbonyl (C=O) groups excluding carboxylic acids is 1. The molecule has 0 N–H and O–H groups in total. The number of imidazole rings is 1. The Labute approximate surface area is 144 Å². The molecular weight excluding hydrogens is 322 g/mol. The lowest BCUT2D eigenvalue weighted by Gasteiger charge is -2.35. The third-order valence-corrected chi connectivity index (χ3v) is 5.35. The zero-order valence-corrected chi connectivity index (χ0v) is 14.6. The van der Waals surface area contributed by atoms with Crippen LogP contribution in [0.15, 0.2) is 30.2 Å². The average Bonchev–Trinajstić information content (AvgIpc) is 3.24. The van der Waals surface area contributed by atoms with E-state index in [-0.39, 0.29) is 11.9 Å². The summed E-state index contributed by atoms with van der Waals surface area (Å²) in [5, 5.41) is 6.37. The second kappa shape index (κ2) is 6.39. The van der Waals surface area contributed by atoms with Gasteiger partial charge in [-0.25, -0.2) is 4.98 Å². The minimum Gasteiger partial charge on any atom is -0.338 e. The molecule has 1 atom stereocenters. The van der Waals surface area contributed by atoms with Crippen molar-refractivity contribution in [1.82, 2.24) is 24.1 Å². The Morgan fingerprint density at radius 1 is 1.38 bits per heavy atom. The molecule has 0 unspecified atom stereocenters. The largest absolute Gasteiger partial charge is 0.338 e. The number of hydrogen-bond donors (Lipinski definition) is 0. The first-order valence-electron chi connectivity index (χ1n) is 8.38. The van der Waals surface area contributed by atoms with Crippen LogP contribution in [0.5, 0.6) is 0 Å². The van der Waals surface area contributed by atoms with Crippen molar-refractivity contribution >= 4 is 22.2 Å². The molecule has 4 rings (SSSR count). The number of fused-ring (bicyclic) bond motifs is 1. The van der Waals surface area contributed by atoms with E-state index in [1.54, 1.807) is 11.3 Å². The number of likely N-dealkylation sites (tertiary alicyclic amines) is 1. The zero-order chi connectivity index (χ0) is 16.5. The summed E-state index contributed by atoms with van der Waals surface area (Å²) in [4.78, 5) is 20.3. The van der Waals surface area contributed by atoms with Gasteiger partial charge < -0.3 is 4.90 Å². The van der Waals surface area contributed by atoms with Crippen LogP contribution in [0.25, 0.3) is 4.96 Å². The van der Waals surface area contributed by atoms with Gasteiger partial charge in [0.1, 0.15) is 0 Å². The smallest absolute Gasteiger partial charge is 0.228 e. The lowest BCUT2D eigenvalue weighted by molar-refractivity contribution is -0.134. The fourth-order valence-corrected chi connectivity index (χ4v) is 4.14. The first-order valence-corrected chi connectivity index (χ1v) is 9.26. The quantitative estimate of drug-likeness (QED) is 0.731. The van der Waals surface area contributed by atoms with Crippen molar-refractivity contribution in [3.63, 3.8) is 0 Å². The first-order chi connectivity index (χ1) is 11.7. The minimum atomic E-state index is 0.175. The predicted molar refractivity (Wildman–Crippen MR) is 93.1 cm³/mol. The maximum Gasteiger partial charge on any atom is 0.228 e. The van der Waals surface area contributed by atoms with Crippen LogP contribution >= 0.6 is 11.3 Å². The van der Waals surface area contributed by atoms with Crippen molar-refractivity contribution in [2.24, 2.45) is 0 Å². The second-order valence-electron chi connectivity index (χ2n) is 6.48. The summed E-state index contributed by atoms with van der Waals surface area (Å²) < 4.78 is 3.94. The van der Waals surface area contributed by atoms with E-state index in [1.807, 2.05) is 51.1 Å². The van der Waals surface area contributed by atoms with E-state index in [2.05, 4.69) is 10.1 Å². The maximum absolute atomic E-state index is 12.8. The van der Waals surface area contributed by atoms with Gasteiger partial charge in [-0.2, -0.15) is 5.10 Å². The van der Waals surface area contributed by atoms with Crippen molar-refractivity contribution < 1.29 is 4.79 Å². The highest BCUT2D eigenvalue weighted by molar-refractivity contribution is 7.15. The number of amides is 1. The summed E-state index contributed by atoms with van der Waals surface area (Å²) in [6.45, 7) is 3.65. The molecule has 1 saturated heterocycles. The van der Waals surface area contributed by atoms with Gasteiger partial charge in [-0.1, -0.05) is 0 Å². The van der Waals surface area contributed by atoms with E-state index >= 15 is 0 Å². The van der Waals surface area contributed by atoms with Gasteiger partial charge in [0, 0.05) is 30.5 Å². The Morgan fingerprint density at radius 2 is 2.29 bits per heavy atom. The number of carbonyl (C=O) groups is 1. The van der Waals surface area contributed by atoms with Gasteiger partial charge in [0.05, 0.1) is 30.9 Å². The standard InChI is InChI=1S/C17H21N5OS/c1-13-9-18-21(10-13)12-15-4-2-3-5-22(15)16(23)8-14-11-20-6-7-24-17(20)19-14/h6-7,9-11,15H,2-5,8,12H2,1H3/t15-/m0/s1. The third-order valence-electron chi connectivity index (χ3n) is 4.58. The van der Waals surface area contributed by atoms with Crippen LogP contribution in [0, 0.1) is 6.92 Å². The van der Waals surface area contributed by atoms with Gasteiger partial charge in [-0.05, 0) is 31.7 Å². The summed E-state index contributed by atoms with van der Waals surface area (Å²) in [5.41, 5.74) is 2.01. The first kappa shape index (κ1) is 15.4. The van der Waals surface area contributed by atoms with Gasteiger partial charge in [0.15, 0.2) is 4.96 Å². The molecule has 0 spiro atoms. The van der Waals surface area contributed by atoms with Gasteiger partial charge in [0.25, 0.3) is 0 Å². The summed E-state index contributed by atoms with van der Waals surface area (Å²) in [5.74, 6) is 0.175. The van der Waals surface area contributed by atoms with Crippen LogP contribution < -0.4 is 0 Å². The third kappa shape index (κ3) is 3.08. The maximum atomic E-state index is 12.8. The summed E-state index contributed by atoms with van der Waals surface area (Å²) in [6, 6.07) is 0.231. The Balaban J connectivity index is 1.46. The summed E-state index contributed by atoms with van der Waals surface area (Å²) >= 11 is 1.59. The minimum absolute atomic E-state index is 0.175. The molecule has 0 aromatic carbocycles. The molecule has 1 aliphatic rings. The number of thiazole rings is 1. The number of aryl methyl sites for hydroxylation is 1. The normalized spacial score (nSPS) is 18.4. The van der Waals surface area contributed by atoms with Crippen molar-refractivity contribution in [2.75, 3.05) is 6.54 Å². The van der Waals surface area contributed by atoms with Crippen LogP contribution in [0.3, 0.4) is 0 Å². The highest BCUT2D eigenvalue weighted by atomic mass is 32.1. The molecule has 6 nitrogen and oxygen atoms in total. The SMILES string of the molecule is Cc1cnn(C[C@@H]2CCCCN2C(=O)Cc2cn3ccsc3n2)c1. The van der Waals surface area contributed by atoms with E-state index in [1.165, 1.54) is 6.42 Å². The number of rotatable bonds is 4. The Kier molecular flexibility index (Phi) is 4.10. The molecule has 0 saturated carbocycles. The number of piperidine rings is 1. The van der Waals surface area contributed by atoms with Crippen LogP contribution in [0.1, 0.15) is 30.5 Å². The van der Waals surface area contributed by atoms with Crippen LogP contribution in [-0.4, -0.2) is 42.6 Å². The van der Waals surface area contributed by atoms with Crippen molar-refractivity contribution in [3.05, 3.63) is 41.4 Å². The van der Waals surface area contributed by atoms with Crippen LogP contribution in [0.4, 0.5) is 0 Å². The van der Waals surface area contributed by atoms with E-state index in [0.717, 1.165) is 42.1 Å². The number of aromatic nitrogens is 4. The zero-order valence-electron chi connectivity index (χ0n) is 13.8. The van der Waals surface area contributed by atoms with Crippen LogP contribution in [0.2, 0.25) is 0 Å². The Bertz CT molecular complexity index is 820. The lowest BCUT2D eigenvalue weighted by atomic mass is 10.0. The highest BCUT2D eigenvalue weighted by Crippen LogP contribution is 2.20. The molecule has 1 amide bonds. The lowest BCUT2D eigenvalue weighted by Crippen LogP contribution is -2.46. The van der Waals surface area contributed by atoms with Gasteiger partial charge >= 0.3 is 0 Å². The van der Waals surface area contributed by atoms with E-state index < -0.39 is 0 Å². The topological polar surface area (TPSA) is 55.4 Å². The monoisotopic (exact) mass is 343 g/mol.